The first kappa shape index (κ1) is 14.4. The molecule has 1 aromatic rings. The Bertz CT molecular complexity index is 544. The van der Waals surface area contributed by atoms with E-state index in [1.807, 2.05) is 13.8 Å². The predicted molar refractivity (Wildman–Crippen MR) is 80.5 cm³/mol. The third-order valence-corrected chi connectivity index (χ3v) is 4.48. The third-order valence-electron chi connectivity index (χ3n) is 4.48. The first-order valence-corrected chi connectivity index (χ1v) is 7.38. The fourth-order valence-corrected chi connectivity index (χ4v) is 3.31. The highest BCUT2D eigenvalue weighted by molar-refractivity contribution is 5.93. The van der Waals surface area contributed by atoms with E-state index >= 15 is 0 Å². The number of anilines is 1. The lowest BCUT2D eigenvalue weighted by Crippen LogP contribution is -2.45. The molecule has 1 aromatic carbocycles. The van der Waals surface area contributed by atoms with Crippen molar-refractivity contribution in [2.24, 2.45) is 5.41 Å². The molecule has 114 valence electrons. The molecule has 0 bridgehead atoms. The summed E-state index contributed by atoms with van der Waals surface area (Å²) in [5.41, 5.74) is 2.88. The molecule has 21 heavy (non-hydrogen) atoms. The molecule has 0 radical (unpaired) electrons. The monoisotopic (exact) mass is 290 g/mol. The zero-order valence-electron chi connectivity index (χ0n) is 12.6. The minimum absolute atomic E-state index is 0.00387. The molecule has 5 heteroatoms. The predicted octanol–water partition coefficient (Wildman–Crippen LogP) is 1.67. The average Bonchev–Trinajstić information content (AvgIpc) is 2.78. The second kappa shape index (κ2) is 5.31. The summed E-state index contributed by atoms with van der Waals surface area (Å²) in [6, 6.07) is 3.33. The van der Waals surface area contributed by atoms with Gasteiger partial charge in [0.25, 0.3) is 0 Å². The number of hydrogen-bond acceptors (Lipinski definition) is 4. The molecular formula is C16H22N2O3. The number of phenolic OH excluding ortho intramolecular Hbond substituents is 1. The van der Waals surface area contributed by atoms with E-state index in [0.29, 0.717) is 12.0 Å². The summed E-state index contributed by atoms with van der Waals surface area (Å²) in [4.78, 5) is 14.4. The fourth-order valence-electron chi connectivity index (χ4n) is 3.31. The van der Waals surface area contributed by atoms with Crippen LogP contribution in [0, 0.1) is 19.3 Å². The number of rotatable bonds is 3. The second-order valence-electron chi connectivity index (χ2n) is 6.46. The van der Waals surface area contributed by atoms with Gasteiger partial charge in [0.2, 0.25) is 5.91 Å². The number of ether oxygens (including phenoxy) is 1. The van der Waals surface area contributed by atoms with Crippen LogP contribution in [0.25, 0.3) is 0 Å². The molecule has 2 heterocycles. The van der Waals surface area contributed by atoms with Gasteiger partial charge in [-0.3, -0.25) is 9.69 Å². The highest BCUT2D eigenvalue weighted by atomic mass is 16.5. The van der Waals surface area contributed by atoms with Crippen molar-refractivity contribution in [2.75, 3.05) is 38.2 Å². The second-order valence-corrected chi connectivity index (χ2v) is 6.46. The molecule has 2 aliphatic heterocycles. The molecule has 0 saturated carbocycles. The highest BCUT2D eigenvalue weighted by Gasteiger charge is 2.44. The molecule has 2 fully saturated rings. The van der Waals surface area contributed by atoms with Crippen LogP contribution >= 0.6 is 0 Å². The lowest BCUT2D eigenvalue weighted by atomic mass is 9.85. The fraction of sp³-hybridized carbons (Fsp3) is 0.562. The number of aromatic hydroxyl groups is 1. The zero-order chi connectivity index (χ0) is 15.0. The van der Waals surface area contributed by atoms with Crippen molar-refractivity contribution in [2.45, 2.75) is 20.3 Å². The summed E-state index contributed by atoms with van der Waals surface area (Å²) in [7, 11) is 0. The Balaban J connectivity index is 1.60. The summed E-state index contributed by atoms with van der Waals surface area (Å²) in [5.74, 6) is 0.235. The van der Waals surface area contributed by atoms with Gasteiger partial charge in [0, 0.05) is 17.6 Å². The minimum atomic E-state index is 0.00387. The topological polar surface area (TPSA) is 61.8 Å². The highest BCUT2D eigenvalue weighted by Crippen LogP contribution is 2.37. The number of nitrogens with one attached hydrogen (secondary N) is 1. The SMILES string of the molecule is Cc1cc(O)cc(C)c1NC(=O)CN1CCC2(COC2)C1. The summed E-state index contributed by atoms with van der Waals surface area (Å²) in [5, 5.41) is 12.5. The Morgan fingerprint density at radius 3 is 2.57 bits per heavy atom. The van der Waals surface area contributed by atoms with Gasteiger partial charge in [0.1, 0.15) is 5.75 Å². The smallest absolute Gasteiger partial charge is 0.238 e. The Morgan fingerprint density at radius 1 is 1.38 bits per heavy atom. The number of likely N-dealkylation sites (tertiary alicyclic amines) is 1. The van der Waals surface area contributed by atoms with Gasteiger partial charge in [-0.2, -0.15) is 0 Å². The molecule has 0 unspecified atom stereocenters. The number of carbonyl (C=O) groups is 1. The van der Waals surface area contributed by atoms with Gasteiger partial charge in [0.15, 0.2) is 0 Å². The van der Waals surface area contributed by atoms with Crippen molar-refractivity contribution in [3.8, 4) is 5.75 Å². The average molecular weight is 290 g/mol. The first-order chi connectivity index (χ1) is 9.97. The maximum absolute atomic E-state index is 12.2. The van der Waals surface area contributed by atoms with E-state index in [1.165, 1.54) is 0 Å². The largest absolute Gasteiger partial charge is 0.508 e. The normalized spacial score (nSPS) is 20.5. The van der Waals surface area contributed by atoms with E-state index in [2.05, 4.69) is 10.2 Å². The van der Waals surface area contributed by atoms with E-state index in [1.54, 1.807) is 12.1 Å². The molecule has 0 atom stereocenters. The summed E-state index contributed by atoms with van der Waals surface area (Å²) >= 11 is 0. The zero-order valence-corrected chi connectivity index (χ0v) is 12.6. The minimum Gasteiger partial charge on any atom is -0.508 e. The van der Waals surface area contributed by atoms with Crippen LogP contribution in [0.15, 0.2) is 12.1 Å². The van der Waals surface area contributed by atoms with Gasteiger partial charge < -0.3 is 15.2 Å². The van der Waals surface area contributed by atoms with Crippen molar-refractivity contribution in [1.82, 2.24) is 4.90 Å². The molecule has 5 nitrogen and oxygen atoms in total. The van der Waals surface area contributed by atoms with Gasteiger partial charge in [-0.15, -0.1) is 0 Å². The summed E-state index contributed by atoms with van der Waals surface area (Å²) < 4.78 is 5.30. The molecule has 2 N–H and O–H groups in total. The van der Waals surface area contributed by atoms with E-state index in [4.69, 9.17) is 4.74 Å². The van der Waals surface area contributed by atoms with Crippen LogP contribution in [0.5, 0.6) is 5.75 Å². The van der Waals surface area contributed by atoms with Crippen molar-refractivity contribution < 1.29 is 14.6 Å². The van der Waals surface area contributed by atoms with E-state index < -0.39 is 0 Å². The number of amides is 1. The van der Waals surface area contributed by atoms with Gasteiger partial charge in [-0.05, 0) is 50.1 Å². The molecule has 1 amide bonds. The summed E-state index contributed by atoms with van der Waals surface area (Å²) in [6.07, 6.45) is 1.12. The maximum atomic E-state index is 12.2. The van der Waals surface area contributed by atoms with Crippen LogP contribution in [0.1, 0.15) is 17.5 Å². The standard InChI is InChI=1S/C16H22N2O3/c1-11-5-13(19)6-12(2)15(11)17-14(20)7-18-4-3-16(8-18)9-21-10-16/h5-6,19H,3-4,7-10H2,1-2H3,(H,17,20). The maximum Gasteiger partial charge on any atom is 0.238 e. The van der Waals surface area contributed by atoms with Gasteiger partial charge >= 0.3 is 0 Å². The van der Waals surface area contributed by atoms with Gasteiger partial charge in [-0.1, -0.05) is 0 Å². The van der Waals surface area contributed by atoms with Crippen molar-refractivity contribution in [3.05, 3.63) is 23.3 Å². The lowest BCUT2D eigenvalue weighted by molar-refractivity contribution is -0.119. The van der Waals surface area contributed by atoms with Crippen LogP contribution in [0.3, 0.4) is 0 Å². The first-order valence-electron chi connectivity index (χ1n) is 7.38. The van der Waals surface area contributed by atoms with Crippen molar-refractivity contribution in [1.29, 1.82) is 0 Å². The third kappa shape index (κ3) is 2.89. The Kier molecular flexibility index (Phi) is 3.63. The van der Waals surface area contributed by atoms with E-state index in [0.717, 1.165) is 49.5 Å². The van der Waals surface area contributed by atoms with Crippen LogP contribution in [0.4, 0.5) is 5.69 Å². The molecule has 2 saturated heterocycles. The molecule has 2 aliphatic rings. The number of aryl methyl sites for hydroxylation is 2. The van der Waals surface area contributed by atoms with E-state index in [-0.39, 0.29) is 11.7 Å². The van der Waals surface area contributed by atoms with Crippen LogP contribution in [-0.2, 0) is 9.53 Å². The molecule has 3 rings (SSSR count). The number of nitrogens with zero attached hydrogens (tertiary/aromatic N) is 1. The molecule has 0 aliphatic carbocycles. The summed E-state index contributed by atoms with van der Waals surface area (Å²) in [6.45, 7) is 7.78. The Labute approximate surface area is 124 Å². The van der Waals surface area contributed by atoms with Gasteiger partial charge in [0.05, 0.1) is 19.8 Å². The van der Waals surface area contributed by atoms with Crippen LogP contribution < -0.4 is 5.32 Å². The molecule has 1 spiro atoms. The molecule has 0 aromatic heterocycles. The number of phenols is 1. The van der Waals surface area contributed by atoms with Crippen LogP contribution in [0.2, 0.25) is 0 Å². The van der Waals surface area contributed by atoms with Crippen molar-refractivity contribution in [3.63, 3.8) is 0 Å². The van der Waals surface area contributed by atoms with Gasteiger partial charge in [-0.25, -0.2) is 0 Å². The van der Waals surface area contributed by atoms with Crippen LogP contribution in [-0.4, -0.2) is 48.8 Å². The van der Waals surface area contributed by atoms with E-state index in [9.17, 15) is 9.90 Å². The number of hydrogen-bond donors (Lipinski definition) is 2. The number of carbonyl (C=O) groups excluding carboxylic acids is 1. The number of benzene rings is 1. The van der Waals surface area contributed by atoms with Crippen molar-refractivity contribution >= 4 is 11.6 Å². The molecular weight excluding hydrogens is 268 g/mol. The quantitative estimate of drug-likeness (QED) is 0.831. The Morgan fingerprint density at radius 2 is 2.05 bits per heavy atom. The Hall–Kier alpha value is -1.59. The lowest BCUT2D eigenvalue weighted by Gasteiger charge is -2.37.